The van der Waals surface area contributed by atoms with Gasteiger partial charge in [-0.15, -0.1) is 0 Å². The third-order valence-corrected chi connectivity index (χ3v) is 9.07. The second-order valence-corrected chi connectivity index (χ2v) is 12.0. The molecule has 39 heavy (non-hydrogen) atoms. The van der Waals surface area contributed by atoms with Gasteiger partial charge in [0.05, 0.1) is 10.6 Å². The van der Waals surface area contributed by atoms with Gasteiger partial charge >= 0.3 is 0 Å². The lowest BCUT2D eigenvalue weighted by Gasteiger charge is -2.32. The van der Waals surface area contributed by atoms with E-state index in [2.05, 4.69) is 5.32 Å². The van der Waals surface area contributed by atoms with Crippen molar-refractivity contribution in [3.05, 3.63) is 96.1 Å². The van der Waals surface area contributed by atoms with Crippen LogP contribution in [0.3, 0.4) is 0 Å². The Hall–Kier alpha value is -3.65. The van der Waals surface area contributed by atoms with E-state index < -0.39 is 28.5 Å². The third kappa shape index (κ3) is 7.26. The molecule has 4 rings (SSSR count). The number of hydrogen-bond donors (Lipinski definition) is 1. The van der Waals surface area contributed by atoms with Crippen LogP contribution in [0.2, 0.25) is 0 Å². The van der Waals surface area contributed by atoms with Crippen molar-refractivity contribution in [2.45, 2.75) is 62.9 Å². The summed E-state index contributed by atoms with van der Waals surface area (Å²) in [6.45, 7) is 3.47. The quantitative estimate of drug-likeness (QED) is 0.377. The van der Waals surface area contributed by atoms with Gasteiger partial charge in [0.1, 0.15) is 12.6 Å². The van der Waals surface area contributed by atoms with E-state index in [1.807, 2.05) is 37.3 Å². The largest absolute Gasteiger partial charge is 0.352 e. The minimum absolute atomic E-state index is 0.104. The number of para-hydroxylation sites is 1. The molecular formula is C31H37N3O4S. The van der Waals surface area contributed by atoms with Crippen molar-refractivity contribution in [3.63, 3.8) is 0 Å². The summed E-state index contributed by atoms with van der Waals surface area (Å²) >= 11 is 0. The molecule has 1 fully saturated rings. The Morgan fingerprint density at radius 2 is 1.49 bits per heavy atom. The first-order valence-electron chi connectivity index (χ1n) is 13.5. The van der Waals surface area contributed by atoms with Gasteiger partial charge in [0.2, 0.25) is 11.8 Å². The van der Waals surface area contributed by atoms with Crippen LogP contribution in [0.1, 0.15) is 43.7 Å². The average molecular weight is 548 g/mol. The Bertz CT molecular complexity index is 1340. The Morgan fingerprint density at radius 3 is 2.10 bits per heavy atom. The van der Waals surface area contributed by atoms with Gasteiger partial charge in [-0.2, -0.15) is 0 Å². The Kier molecular flexibility index (Phi) is 9.41. The number of nitrogens with zero attached hydrogens (tertiary/aromatic N) is 2. The highest BCUT2D eigenvalue weighted by Crippen LogP contribution is 2.24. The van der Waals surface area contributed by atoms with Crippen LogP contribution in [0.15, 0.2) is 89.8 Å². The summed E-state index contributed by atoms with van der Waals surface area (Å²) in [7, 11) is -4.05. The fraction of sp³-hybridized carbons (Fsp3) is 0.355. The molecular weight excluding hydrogens is 510 g/mol. The molecule has 2 amide bonds. The smallest absolute Gasteiger partial charge is 0.264 e. The highest BCUT2D eigenvalue weighted by Gasteiger charge is 2.33. The highest BCUT2D eigenvalue weighted by atomic mass is 32.2. The lowest BCUT2D eigenvalue weighted by molar-refractivity contribution is -0.139. The van der Waals surface area contributed by atoms with E-state index in [1.54, 1.807) is 61.5 Å². The first kappa shape index (κ1) is 28.4. The maximum atomic E-state index is 13.9. The lowest BCUT2D eigenvalue weighted by Crippen LogP contribution is -2.53. The van der Waals surface area contributed by atoms with E-state index in [0.29, 0.717) is 12.1 Å². The lowest BCUT2D eigenvalue weighted by atomic mass is 10.1. The van der Waals surface area contributed by atoms with E-state index in [4.69, 9.17) is 0 Å². The Labute approximate surface area is 231 Å². The SMILES string of the molecule is Cc1ccc(S(=O)(=O)N(CC(=O)N(CCc2ccccc2)C(C)C(=O)NC2CCCC2)c2ccccc2)cc1. The molecule has 7 nitrogen and oxygen atoms in total. The zero-order valence-electron chi connectivity index (χ0n) is 22.6. The van der Waals surface area contributed by atoms with Crippen molar-refractivity contribution >= 4 is 27.5 Å². The summed E-state index contributed by atoms with van der Waals surface area (Å²) in [6, 6.07) is 24.3. The predicted molar refractivity (Wildman–Crippen MR) is 154 cm³/mol. The number of sulfonamides is 1. The second kappa shape index (κ2) is 12.9. The number of aryl methyl sites for hydroxylation is 1. The molecule has 3 aromatic carbocycles. The van der Waals surface area contributed by atoms with Crippen molar-refractivity contribution < 1.29 is 18.0 Å². The maximum absolute atomic E-state index is 13.9. The molecule has 1 saturated carbocycles. The zero-order valence-corrected chi connectivity index (χ0v) is 23.4. The first-order chi connectivity index (χ1) is 18.8. The van der Waals surface area contributed by atoms with Crippen LogP contribution in [0.4, 0.5) is 5.69 Å². The van der Waals surface area contributed by atoms with Crippen LogP contribution in [0.5, 0.6) is 0 Å². The number of rotatable bonds is 11. The molecule has 1 unspecified atom stereocenters. The summed E-state index contributed by atoms with van der Waals surface area (Å²) in [5.74, 6) is -0.643. The van der Waals surface area contributed by atoms with Crippen LogP contribution in [-0.2, 0) is 26.0 Å². The minimum Gasteiger partial charge on any atom is -0.352 e. The molecule has 1 aliphatic rings. The molecule has 0 saturated heterocycles. The minimum atomic E-state index is -4.05. The van der Waals surface area contributed by atoms with Crippen molar-refractivity contribution in [1.82, 2.24) is 10.2 Å². The van der Waals surface area contributed by atoms with E-state index in [-0.39, 0.29) is 23.4 Å². The monoisotopic (exact) mass is 547 g/mol. The van der Waals surface area contributed by atoms with Gasteiger partial charge in [-0.1, -0.05) is 79.1 Å². The number of anilines is 1. The highest BCUT2D eigenvalue weighted by molar-refractivity contribution is 7.92. The number of benzene rings is 3. The van der Waals surface area contributed by atoms with Crippen LogP contribution < -0.4 is 9.62 Å². The fourth-order valence-electron chi connectivity index (χ4n) is 4.92. The van der Waals surface area contributed by atoms with Gasteiger partial charge in [-0.25, -0.2) is 8.42 Å². The molecule has 8 heteroatoms. The van der Waals surface area contributed by atoms with Gasteiger partial charge in [0.15, 0.2) is 0 Å². The zero-order chi connectivity index (χ0) is 27.8. The summed E-state index contributed by atoms with van der Waals surface area (Å²) in [5, 5.41) is 3.09. The van der Waals surface area contributed by atoms with E-state index in [0.717, 1.165) is 41.1 Å². The predicted octanol–water partition coefficient (Wildman–Crippen LogP) is 4.71. The first-order valence-corrected chi connectivity index (χ1v) is 15.0. The van der Waals surface area contributed by atoms with E-state index >= 15 is 0 Å². The van der Waals surface area contributed by atoms with Crippen molar-refractivity contribution in [3.8, 4) is 0 Å². The topological polar surface area (TPSA) is 86.8 Å². The summed E-state index contributed by atoms with van der Waals surface area (Å²) in [4.78, 5) is 28.7. The van der Waals surface area contributed by atoms with Crippen molar-refractivity contribution in [2.24, 2.45) is 0 Å². The van der Waals surface area contributed by atoms with Crippen LogP contribution >= 0.6 is 0 Å². The number of amides is 2. The summed E-state index contributed by atoms with van der Waals surface area (Å²) in [5.41, 5.74) is 2.36. The maximum Gasteiger partial charge on any atom is 0.264 e. The van der Waals surface area contributed by atoms with E-state index in [9.17, 15) is 18.0 Å². The van der Waals surface area contributed by atoms with E-state index in [1.165, 1.54) is 4.90 Å². The van der Waals surface area contributed by atoms with Gasteiger partial charge < -0.3 is 10.2 Å². The molecule has 0 aliphatic heterocycles. The molecule has 206 valence electrons. The second-order valence-electron chi connectivity index (χ2n) is 10.1. The Balaban J connectivity index is 1.62. The van der Waals surface area contributed by atoms with Crippen molar-refractivity contribution in [1.29, 1.82) is 0 Å². The van der Waals surface area contributed by atoms with Crippen LogP contribution in [0.25, 0.3) is 0 Å². The van der Waals surface area contributed by atoms with Gasteiger partial charge in [-0.05, 0) is 62.9 Å². The molecule has 0 heterocycles. The number of nitrogens with one attached hydrogen (secondary N) is 1. The summed E-state index contributed by atoms with van der Waals surface area (Å²) < 4.78 is 28.7. The van der Waals surface area contributed by atoms with Gasteiger partial charge in [-0.3, -0.25) is 13.9 Å². The molecule has 3 aromatic rings. The molecule has 0 radical (unpaired) electrons. The normalized spacial score (nSPS) is 14.5. The number of carbonyl (C=O) groups is 2. The summed E-state index contributed by atoms with van der Waals surface area (Å²) in [6.07, 6.45) is 4.58. The van der Waals surface area contributed by atoms with Gasteiger partial charge in [0.25, 0.3) is 10.0 Å². The fourth-order valence-corrected chi connectivity index (χ4v) is 6.34. The van der Waals surface area contributed by atoms with Gasteiger partial charge in [0, 0.05) is 12.6 Å². The molecule has 1 atom stereocenters. The molecule has 0 bridgehead atoms. The molecule has 0 aromatic heterocycles. The van der Waals surface area contributed by atoms with Crippen LogP contribution in [0, 0.1) is 6.92 Å². The van der Waals surface area contributed by atoms with Crippen molar-refractivity contribution in [2.75, 3.05) is 17.4 Å². The average Bonchev–Trinajstić information content (AvgIpc) is 3.46. The molecule has 0 spiro atoms. The third-order valence-electron chi connectivity index (χ3n) is 7.29. The Morgan fingerprint density at radius 1 is 0.897 bits per heavy atom. The molecule has 1 aliphatic carbocycles. The molecule has 1 N–H and O–H groups in total. The van der Waals surface area contributed by atoms with Crippen LogP contribution in [-0.4, -0.2) is 50.3 Å². The number of carbonyl (C=O) groups excluding carboxylic acids is 2. The standard InChI is InChI=1S/C31H37N3O4S/c1-24-17-19-29(20-18-24)39(37,38)34(28-15-7-4-8-16-28)23-30(35)33(22-21-26-11-5-3-6-12-26)25(2)31(36)32-27-13-9-10-14-27/h3-8,11-12,15-20,25,27H,9-10,13-14,21-23H2,1-2H3,(H,32,36). The number of hydrogen-bond acceptors (Lipinski definition) is 4.